The third-order valence-electron chi connectivity index (χ3n) is 4.23. The van der Waals surface area contributed by atoms with Crippen LogP contribution in [0.25, 0.3) is 0 Å². The van der Waals surface area contributed by atoms with Crippen LogP contribution in [0.3, 0.4) is 0 Å². The van der Waals surface area contributed by atoms with Gasteiger partial charge in [-0.25, -0.2) is 0 Å². The summed E-state index contributed by atoms with van der Waals surface area (Å²) < 4.78 is 0. The number of piperazine rings is 1. The Balaban J connectivity index is 1.77. The van der Waals surface area contributed by atoms with Crippen molar-refractivity contribution in [2.45, 2.75) is 19.9 Å². The lowest BCUT2D eigenvalue weighted by atomic mass is 10.2. The van der Waals surface area contributed by atoms with Gasteiger partial charge in [-0.1, -0.05) is 12.1 Å². The maximum Gasteiger partial charge on any atom is 0.275 e. The first-order valence-electron chi connectivity index (χ1n) is 8.44. The van der Waals surface area contributed by atoms with Crippen molar-refractivity contribution < 1.29 is 19.6 Å². The van der Waals surface area contributed by atoms with Gasteiger partial charge in [-0.2, -0.15) is 0 Å². The van der Waals surface area contributed by atoms with Crippen LogP contribution in [0.1, 0.15) is 13.8 Å². The molecule has 0 bridgehead atoms. The van der Waals surface area contributed by atoms with Crippen LogP contribution in [0.15, 0.2) is 24.3 Å². The molecule has 4 N–H and O–H groups in total. The molecule has 1 heterocycles. The minimum Gasteiger partial charge on any atom is -0.506 e. The zero-order valence-electron chi connectivity index (χ0n) is 14.3. The number of phenols is 1. The van der Waals surface area contributed by atoms with Gasteiger partial charge in [0.2, 0.25) is 5.91 Å². The largest absolute Gasteiger partial charge is 0.506 e. The standard InChI is InChI=1S/C17H26N4O3/c1-3-18-17(24)13(2)19-16(23)12-20-8-10-21(11-9-20)14-6-4-5-7-15(14)22/h4-7,13,22H,3,8-12H2,1-2H3,(H,18,24)(H,19,23)/p+1/t13-/m0/s1. The molecule has 2 rings (SSSR count). The molecule has 1 fully saturated rings. The molecule has 0 saturated carbocycles. The monoisotopic (exact) mass is 335 g/mol. The Morgan fingerprint density at radius 1 is 1.29 bits per heavy atom. The highest BCUT2D eigenvalue weighted by Gasteiger charge is 2.24. The number of para-hydroxylation sites is 2. The van der Waals surface area contributed by atoms with Crippen molar-refractivity contribution in [3.63, 3.8) is 0 Å². The van der Waals surface area contributed by atoms with Crippen molar-refractivity contribution in [1.29, 1.82) is 0 Å². The van der Waals surface area contributed by atoms with Gasteiger partial charge in [0.05, 0.1) is 31.9 Å². The Kier molecular flexibility index (Phi) is 6.43. The molecule has 1 aromatic carbocycles. The summed E-state index contributed by atoms with van der Waals surface area (Å²) in [6, 6.07) is 6.79. The van der Waals surface area contributed by atoms with Crippen LogP contribution >= 0.6 is 0 Å². The summed E-state index contributed by atoms with van der Waals surface area (Å²) in [5, 5.41) is 15.3. The fourth-order valence-electron chi connectivity index (χ4n) is 2.88. The molecule has 1 atom stereocenters. The second-order valence-corrected chi connectivity index (χ2v) is 6.09. The van der Waals surface area contributed by atoms with E-state index in [1.54, 1.807) is 19.1 Å². The lowest BCUT2D eigenvalue weighted by molar-refractivity contribution is -0.892. The molecule has 0 aliphatic carbocycles. The van der Waals surface area contributed by atoms with Crippen LogP contribution < -0.4 is 20.4 Å². The van der Waals surface area contributed by atoms with E-state index in [1.165, 1.54) is 4.90 Å². The lowest BCUT2D eigenvalue weighted by Crippen LogP contribution is -3.16. The van der Waals surface area contributed by atoms with Gasteiger partial charge < -0.3 is 25.5 Å². The summed E-state index contributed by atoms with van der Waals surface area (Å²) in [6.45, 7) is 7.65. The van der Waals surface area contributed by atoms with E-state index >= 15 is 0 Å². The van der Waals surface area contributed by atoms with Crippen LogP contribution in [0.2, 0.25) is 0 Å². The molecule has 0 aromatic heterocycles. The predicted molar refractivity (Wildman–Crippen MR) is 92.2 cm³/mol. The molecule has 1 aliphatic rings. The molecule has 7 nitrogen and oxygen atoms in total. The molecule has 24 heavy (non-hydrogen) atoms. The number of benzene rings is 1. The van der Waals surface area contributed by atoms with Crippen LogP contribution in [0, 0.1) is 0 Å². The van der Waals surface area contributed by atoms with Gasteiger partial charge in [-0.15, -0.1) is 0 Å². The Bertz CT molecular complexity index is 571. The molecule has 1 saturated heterocycles. The molecular formula is C17H27N4O3+. The maximum atomic E-state index is 12.1. The zero-order chi connectivity index (χ0) is 17.5. The number of quaternary nitrogens is 1. The quantitative estimate of drug-likeness (QED) is 0.523. The van der Waals surface area contributed by atoms with E-state index in [2.05, 4.69) is 15.5 Å². The van der Waals surface area contributed by atoms with Gasteiger partial charge in [0, 0.05) is 6.54 Å². The Morgan fingerprint density at radius 3 is 2.58 bits per heavy atom. The third kappa shape index (κ3) is 4.86. The van der Waals surface area contributed by atoms with Gasteiger partial charge in [-0.3, -0.25) is 9.59 Å². The fourth-order valence-corrected chi connectivity index (χ4v) is 2.88. The van der Waals surface area contributed by atoms with E-state index in [9.17, 15) is 14.7 Å². The number of aromatic hydroxyl groups is 1. The second-order valence-electron chi connectivity index (χ2n) is 6.09. The van der Waals surface area contributed by atoms with Gasteiger partial charge in [0.25, 0.3) is 5.91 Å². The summed E-state index contributed by atoms with van der Waals surface area (Å²) in [4.78, 5) is 27.0. The van der Waals surface area contributed by atoms with Crippen molar-refractivity contribution in [2.24, 2.45) is 0 Å². The number of carbonyl (C=O) groups is 2. The van der Waals surface area contributed by atoms with Gasteiger partial charge >= 0.3 is 0 Å². The van der Waals surface area contributed by atoms with Crippen molar-refractivity contribution in [3.05, 3.63) is 24.3 Å². The van der Waals surface area contributed by atoms with E-state index in [0.29, 0.717) is 13.1 Å². The molecule has 1 aliphatic heterocycles. The average molecular weight is 335 g/mol. The smallest absolute Gasteiger partial charge is 0.275 e. The molecule has 0 unspecified atom stereocenters. The van der Waals surface area contributed by atoms with E-state index in [-0.39, 0.29) is 17.6 Å². The summed E-state index contributed by atoms with van der Waals surface area (Å²) in [5.74, 6) is 0.0134. The SMILES string of the molecule is CCNC(=O)[C@H](C)NC(=O)C[NH+]1CCN(c2ccccc2O)CC1. The number of nitrogens with one attached hydrogen (secondary N) is 3. The molecule has 0 radical (unpaired) electrons. The highest BCUT2D eigenvalue weighted by Crippen LogP contribution is 2.25. The summed E-state index contributed by atoms with van der Waals surface area (Å²) in [5.41, 5.74) is 0.839. The average Bonchev–Trinajstić information content (AvgIpc) is 2.56. The molecule has 7 heteroatoms. The zero-order valence-corrected chi connectivity index (χ0v) is 14.3. The van der Waals surface area contributed by atoms with Crippen LogP contribution in [-0.2, 0) is 9.59 Å². The maximum absolute atomic E-state index is 12.1. The van der Waals surface area contributed by atoms with Crippen molar-refractivity contribution in [3.8, 4) is 5.75 Å². The topological polar surface area (TPSA) is 86.1 Å². The highest BCUT2D eigenvalue weighted by molar-refractivity contribution is 5.87. The van der Waals surface area contributed by atoms with Crippen LogP contribution in [-0.4, -0.2) is 62.2 Å². The van der Waals surface area contributed by atoms with Gasteiger partial charge in [0.1, 0.15) is 11.8 Å². The molecule has 1 aromatic rings. The molecular weight excluding hydrogens is 308 g/mol. The molecule has 2 amide bonds. The van der Waals surface area contributed by atoms with E-state index in [4.69, 9.17) is 0 Å². The van der Waals surface area contributed by atoms with Crippen molar-refractivity contribution >= 4 is 17.5 Å². The summed E-state index contributed by atoms with van der Waals surface area (Å²) >= 11 is 0. The highest BCUT2D eigenvalue weighted by atomic mass is 16.3. The number of carbonyl (C=O) groups excluding carboxylic acids is 2. The van der Waals surface area contributed by atoms with Crippen LogP contribution in [0.5, 0.6) is 5.75 Å². The number of anilines is 1. The number of phenolic OH excluding ortho intramolecular Hbond substituents is 1. The van der Waals surface area contributed by atoms with E-state index in [0.717, 1.165) is 31.9 Å². The van der Waals surface area contributed by atoms with Gasteiger partial charge in [0.15, 0.2) is 6.54 Å². The van der Waals surface area contributed by atoms with Gasteiger partial charge in [-0.05, 0) is 26.0 Å². The number of hydrogen-bond donors (Lipinski definition) is 4. The normalized spacial score (nSPS) is 16.5. The van der Waals surface area contributed by atoms with E-state index < -0.39 is 6.04 Å². The van der Waals surface area contributed by atoms with Crippen LogP contribution in [0.4, 0.5) is 5.69 Å². The number of rotatable bonds is 6. The lowest BCUT2D eigenvalue weighted by Gasteiger charge is -2.33. The third-order valence-corrected chi connectivity index (χ3v) is 4.23. The minimum atomic E-state index is -0.514. The summed E-state index contributed by atoms with van der Waals surface area (Å²) in [7, 11) is 0. The van der Waals surface area contributed by atoms with E-state index in [1.807, 2.05) is 19.1 Å². The minimum absolute atomic E-state index is 0.111. The first-order valence-corrected chi connectivity index (χ1v) is 8.44. The number of nitrogens with zero attached hydrogens (tertiary/aromatic N) is 1. The first-order chi connectivity index (χ1) is 11.5. The molecule has 132 valence electrons. The summed E-state index contributed by atoms with van der Waals surface area (Å²) in [6.07, 6.45) is 0. The Hall–Kier alpha value is -2.28. The number of likely N-dealkylation sites (N-methyl/N-ethyl adjacent to an activating group) is 1. The van der Waals surface area contributed by atoms with Crippen molar-refractivity contribution in [1.82, 2.24) is 10.6 Å². The number of amides is 2. The predicted octanol–water partition coefficient (Wildman–Crippen LogP) is -1.26. The first kappa shape index (κ1) is 18.1. The Labute approximate surface area is 142 Å². The Morgan fingerprint density at radius 2 is 1.96 bits per heavy atom. The van der Waals surface area contributed by atoms with Crippen molar-refractivity contribution in [2.75, 3.05) is 44.2 Å². The molecule has 0 spiro atoms. The second kappa shape index (κ2) is 8.54. The fraction of sp³-hybridized carbons (Fsp3) is 0.529. The number of hydrogen-bond acceptors (Lipinski definition) is 4.